The highest BCUT2D eigenvalue weighted by Gasteiger charge is 2.21. The molecule has 0 saturated heterocycles. The third-order valence-electron chi connectivity index (χ3n) is 3.20. The number of non-ortho nitro benzene ring substituents is 1. The summed E-state index contributed by atoms with van der Waals surface area (Å²) in [5.41, 5.74) is -0.279. The van der Waals surface area contributed by atoms with E-state index in [0.717, 1.165) is 16.4 Å². The zero-order valence-electron chi connectivity index (χ0n) is 13.3. The monoisotopic (exact) mass is 385 g/mol. The Morgan fingerprint density at radius 1 is 0.960 bits per heavy atom. The van der Waals surface area contributed by atoms with Gasteiger partial charge < -0.3 is 0 Å². The molecule has 0 aliphatic rings. The maximum Gasteiger partial charge on any atom is 0.271 e. The SMILES string of the molecule is CN(C)S(=O)(=O)c1cccc(S(=O)(=O)Nc2cccc([N+](=O)[O-])c2)c1. The van der Waals surface area contributed by atoms with Gasteiger partial charge in [0.25, 0.3) is 15.7 Å². The Morgan fingerprint density at radius 2 is 1.56 bits per heavy atom. The highest BCUT2D eigenvalue weighted by atomic mass is 32.2. The van der Waals surface area contributed by atoms with Crippen molar-refractivity contribution in [2.24, 2.45) is 0 Å². The summed E-state index contributed by atoms with van der Waals surface area (Å²) in [6.07, 6.45) is 0. The van der Waals surface area contributed by atoms with E-state index in [9.17, 15) is 26.9 Å². The standard InChI is InChI=1S/C14H15N3O6S2/c1-16(2)25(22,23)14-8-4-7-13(10-14)24(20,21)15-11-5-3-6-12(9-11)17(18)19/h3-10,15H,1-2H3. The lowest BCUT2D eigenvalue weighted by Crippen LogP contribution is -2.22. The van der Waals surface area contributed by atoms with Crippen LogP contribution in [-0.4, -0.2) is 40.2 Å². The molecule has 0 bridgehead atoms. The topological polar surface area (TPSA) is 127 Å². The van der Waals surface area contributed by atoms with Crippen molar-refractivity contribution in [1.29, 1.82) is 0 Å². The van der Waals surface area contributed by atoms with Crippen molar-refractivity contribution < 1.29 is 21.8 Å². The van der Waals surface area contributed by atoms with Crippen molar-refractivity contribution in [2.75, 3.05) is 18.8 Å². The Morgan fingerprint density at radius 3 is 2.16 bits per heavy atom. The number of nitrogens with one attached hydrogen (secondary N) is 1. The molecule has 0 radical (unpaired) electrons. The fourth-order valence-electron chi connectivity index (χ4n) is 1.91. The first kappa shape index (κ1) is 18.8. The first-order valence-electron chi connectivity index (χ1n) is 6.84. The number of nitrogens with zero attached hydrogens (tertiary/aromatic N) is 2. The molecule has 0 amide bonds. The molecule has 9 nitrogen and oxygen atoms in total. The minimum Gasteiger partial charge on any atom is -0.279 e. The van der Waals surface area contributed by atoms with Gasteiger partial charge in [0.05, 0.1) is 20.4 Å². The first-order chi connectivity index (χ1) is 11.5. The molecule has 2 rings (SSSR count). The molecular weight excluding hydrogens is 370 g/mol. The average molecular weight is 385 g/mol. The van der Waals surface area contributed by atoms with Crippen molar-refractivity contribution in [3.05, 3.63) is 58.6 Å². The Hall–Kier alpha value is -2.50. The van der Waals surface area contributed by atoms with E-state index in [2.05, 4.69) is 4.72 Å². The first-order valence-corrected chi connectivity index (χ1v) is 9.76. The molecule has 0 spiro atoms. The summed E-state index contributed by atoms with van der Waals surface area (Å²) in [6, 6.07) is 9.82. The van der Waals surface area contributed by atoms with Crippen LogP contribution in [0.1, 0.15) is 0 Å². The van der Waals surface area contributed by atoms with Crippen LogP contribution < -0.4 is 4.72 Å². The molecule has 0 fully saturated rings. The molecule has 0 saturated carbocycles. The zero-order valence-corrected chi connectivity index (χ0v) is 14.9. The number of rotatable bonds is 6. The molecule has 0 heterocycles. The molecule has 0 unspecified atom stereocenters. The zero-order chi connectivity index (χ0) is 18.8. The Labute approximate surface area is 145 Å². The summed E-state index contributed by atoms with van der Waals surface area (Å²) in [7, 11) is -5.26. The molecule has 134 valence electrons. The van der Waals surface area contributed by atoms with Crippen molar-refractivity contribution in [1.82, 2.24) is 4.31 Å². The second kappa shape index (κ2) is 6.78. The van der Waals surface area contributed by atoms with Gasteiger partial charge >= 0.3 is 0 Å². The molecule has 2 aromatic rings. The van der Waals surface area contributed by atoms with E-state index in [1.165, 1.54) is 50.5 Å². The molecule has 0 aliphatic heterocycles. The average Bonchev–Trinajstić information content (AvgIpc) is 2.54. The lowest BCUT2D eigenvalue weighted by atomic mass is 10.3. The maximum absolute atomic E-state index is 12.4. The van der Waals surface area contributed by atoms with Crippen LogP contribution in [0.5, 0.6) is 0 Å². The van der Waals surface area contributed by atoms with Gasteiger partial charge in [-0.2, -0.15) is 0 Å². The van der Waals surface area contributed by atoms with E-state index in [1.54, 1.807) is 0 Å². The van der Waals surface area contributed by atoms with Crippen molar-refractivity contribution in [3.63, 3.8) is 0 Å². The maximum atomic E-state index is 12.4. The third kappa shape index (κ3) is 4.13. The van der Waals surface area contributed by atoms with Gasteiger partial charge in [0.1, 0.15) is 0 Å². The second-order valence-electron chi connectivity index (χ2n) is 5.18. The van der Waals surface area contributed by atoms with Gasteiger partial charge in [0, 0.05) is 26.2 Å². The minimum absolute atomic E-state index is 0.00457. The van der Waals surface area contributed by atoms with Crippen molar-refractivity contribution in [3.8, 4) is 0 Å². The van der Waals surface area contributed by atoms with E-state index >= 15 is 0 Å². The van der Waals surface area contributed by atoms with Gasteiger partial charge in [-0.05, 0) is 24.3 Å². The highest BCUT2D eigenvalue weighted by Crippen LogP contribution is 2.23. The van der Waals surface area contributed by atoms with E-state index < -0.39 is 25.0 Å². The molecule has 0 aliphatic carbocycles. The van der Waals surface area contributed by atoms with Gasteiger partial charge in [0.2, 0.25) is 10.0 Å². The normalized spacial score (nSPS) is 12.1. The Balaban J connectivity index is 2.41. The quantitative estimate of drug-likeness (QED) is 0.595. The summed E-state index contributed by atoms with van der Waals surface area (Å²) in [6.45, 7) is 0. The van der Waals surface area contributed by atoms with Gasteiger partial charge in [0.15, 0.2) is 0 Å². The van der Waals surface area contributed by atoms with Crippen molar-refractivity contribution in [2.45, 2.75) is 9.79 Å². The molecule has 0 aromatic heterocycles. The van der Waals surface area contributed by atoms with E-state index in [-0.39, 0.29) is 21.2 Å². The van der Waals surface area contributed by atoms with Crippen LogP contribution in [0.15, 0.2) is 58.3 Å². The van der Waals surface area contributed by atoms with Gasteiger partial charge in [-0.15, -0.1) is 0 Å². The second-order valence-corrected chi connectivity index (χ2v) is 9.01. The Kier molecular flexibility index (Phi) is 5.11. The fourth-order valence-corrected chi connectivity index (χ4v) is 4.03. The smallest absolute Gasteiger partial charge is 0.271 e. The lowest BCUT2D eigenvalue weighted by molar-refractivity contribution is -0.384. The van der Waals surface area contributed by atoms with Crippen LogP contribution in [-0.2, 0) is 20.0 Å². The molecule has 25 heavy (non-hydrogen) atoms. The van der Waals surface area contributed by atoms with Crippen molar-refractivity contribution >= 4 is 31.4 Å². The number of anilines is 1. The predicted molar refractivity (Wildman–Crippen MR) is 91.2 cm³/mol. The summed E-state index contributed by atoms with van der Waals surface area (Å²) < 4.78 is 52.3. The van der Waals surface area contributed by atoms with Crippen LogP contribution in [0, 0.1) is 10.1 Å². The number of sulfonamides is 2. The third-order valence-corrected chi connectivity index (χ3v) is 6.39. The molecule has 2 aromatic carbocycles. The number of nitro benzene ring substituents is 1. The lowest BCUT2D eigenvalue weighted by Gasteiger charge is -2.13. The van der Waals surface area contributed by atoms with Gasteiger partial charge in [-0.3, -0.25) is 14.8 Å². The predicted octanol–water partition coefficient (Wildman–Crippen LogP) is 1.65. The van der Waals surface area contributed by atoms with Crippen LogP contribution in [0.25, 0.3) is 0 Å². The molecular formula is C14H15N3O6S2. The number of hydrogen-bond acceptors (Lipinski definition) is 6. The van der Waals surface area contributed by atoms with E-state index in [1.807, 2.05) is 0 Å². The van der Waals surface area contributed by atoms with E-state index in [0.29, 0.717) is 0 Å². The summed E-state index contributed by atoms with van der Waals surface area (Å²) in [5.74, 6) is 0. The van der Waals surface area contributed by atoms with Crippen LogP contribution in [0.2, 0.25) is 0 Å². The largest absolute Gasteiger partial charge is 0.279 e. The molecule has 0 atom stereocenters. The van der Waals surface area contributed by atoms with Gasteiger partial charge in [-0.25, -0.2) is 21.1 Å². The minimum atomic E-state index is -4.12. The van der Waals surface area contributed by atoms with Crippen LogP contribution >= 0.6 is 0 Å². The summed E-state index contributed by atoms with van der Waals surface area (Å²) >= 11 is 0. The van der Waals surface area contributed by atoms with Crippen LogP contribution in [0.4, 0.5) is 11.4 Å². The number of benzene rings is 2. The number of nitro groups is 1. The van der Waals surface area contributed by atoms with E-state index in [4.69, 9.17) is 0 Å². The van der Waals surface area contributed by atoms with Gasteiger partial charge in [-0.1, -0.05) is 12.1 Å². The summed E-state index contributed by atoms with van der Waals surface area (Å²) in [4.78, 5) is 9.66. The molecule has 11 heteroatoms. The fraction of sp³-hybridized carbons (Fsp3) is 0.143. The van der Waals surface area contributed by atoms with Crippen LogP contribution in [0.3, 0.4) is 0 Å². The summed E-state index contributed by atoms with van der Waals surface area (Å²) in [5, 5.41) is 10.8. The highest BCUT2D eigenvalue weighted by molar-refractivity contribution is 7.93. The Bertz CT molecular complexity index is 1020. The number of hydrogen-bond donors (Lipinski definition) is 1. The molecule has 1 N–H and O–H groups in total.